The first kappa shape index (κ1) is 16.5. The first-order valence-electron chi connectivity index (χ1n) is 7.73. The number of rotatable bonds is 5. The van der Waals surface area contributed by atoms with Crippen LogP contribution in [0.15, 0.2) is 72.8 Å². The SMILES string of the molecule is COc1ccccc1C(=O)Nc1ccc(Nc2ccc(F)cc2)cc1. The minimum atomic E-state index is -0.278. The number of halogens is 1. The fraction of sp³-hybridized carbons (Fsp3) is 0.0500. The molecule has 3 rings (SSSR count). The number of carbonyl (C=O) groups excluding carboxylic acids is 1. The van der Waals surface area contributed by atoms with E-state index in [2.05, 4.69) is 10.6 Å². The molecule has 0 aliphatic carbocycles. The van der Waals surface area contributed by atoms with Crippen molar-refractivity contribution < 1.29 is 13.9 Å². The summed E-state index contributed by atoms with van der Waals surface area (Å²) < 4.78 is 18.1. The second kappa shape index (κ2) is 7.49. The average Bonchev–Trinajstić information content (AvgIpc) is 2.65. The lowest BCUT2D eigenvalue weighted by Gasteiger charge is -2.10. The summed E-state index contributed by atoms with van der Waals surface area (Å²) in [5.74, 6) is 0.00578. The van der Waals surface area contributed by atoms with Crippen LogP contribution in [-0.4, -0.2) is 13.0 Å². The lowest BCUT2D eigenvalue weighted by atomic mass is 10.2. The standard InChI is InChI=1S/C20H17FN2O2/c1-25-19-5-3-2-4-18(19)20(24)23-17-12-10-16(11-13-17)22-15-8-6-14(21)7-9-15/h2-13,22H,1H3,(H,23,24). The van der Waals surface area contributed by atoms with Gasteiger partial charge in [0.1, 0.15) is 11.6 Å². The van der Waals surface area contributed by atoms with Gasteiger partial charge in [0.05, 0.1) is 12.7 Å². The zero-order valence-corrected chi connectivity index (χ0v) is 13.6. The molecule has 2 N–H and O–H groups in total. The first-order valence-corrected chi connectivity index (χ1v) is 7.73. The van der Waals surface area contributed by atoms with Crippen LogP contribution >= 0.6 is 0 Å². The van der Waals surface area contributed by atoms with Crippen LogP contribution in [0.4, 0.5) is 21.5 Å². The van der Waals surface area contributed by atoms with E-state index in [0.717, 1.165) is 11.4 Å². The van der Waals surface area contributed by atoms with Crippen LogP contribution in [0, 0.1) is 5.82 Å². The molecule has 0 aromatic heterocycles. The zero-order chi connectivity index (χ0) is 17.6. The molecule has 1 amide bonds. The first-order chi connectivity index (χ1) is 12.2. The largest absolute Gasteiger partial charge is 0.496 e. The fourth-order valence-corrected chi connectivity index (χ4v) is 2.37. The van der Waals surface area contributed by atoms with Gasteiger partial charge in [-0.25, -0.2) is 4.39 Å². The van der Waals surface area contributed by atoms with Crippen molar-refractivity contribution in [3.8, 4) is 5.75 Å². The van der Waals surface area contributed by atoms with Gasteiger partial charge in [0.25, 0.3) is 5.91 Å². The van der Waals surface area contributed by atoms with Gasteiger partial charge in [-0.05, 0) is 60.7 Å². The van der Waals surface area contributed by atoms with E-state index in [-0.39, 0.29) is 11.7 Å². The van der Waals surface area contributed by atoms with Crippen LogP contribution in [0.25, 0.3) is 0 Å². The highest BCUT2D eigenvalue weighted by molar-refractivity contribution is 6.06. The highest BCUT2D eigenvalue weighted by Gasteiger charge is 2.11. The molecule has 5 heteroatoms. The Bertz CT molecular complexity index is 862. The smallest absolute Gasteiger partial charge is 0.259 e. The van der Waals surface area contributed by atoms with Crippen LogP contribution in [-0.2, 0) is 0 Å². The van der Waals surface area contributed by atoms with E-state index in [0.29, 0.717) is 17.0 Å². The maximum Gasteiger partial charge on any atom is 0.259 e. The third-order valence-electron chi connectivity index (χ3n) is 3.63. The second-order valence-corrected chi connectivity index (χ2v) is 5.36. The normalized spacial score (nSPS) is 10.2. The molecule has 126 valence electrons. The Hall–Kier alpha value is -3.34. The highest BCUT2D eigenvalue weighted by Crippen LogP contribution is 2.22. The quantitative estimate of drug-likeness (QED) is 0.701. The molecule has 0 spiro atoms. The van der Waals surface area contributed by atoms with Crippen LogP contribution in [0.2, 0.25) is 0 Å². The van der Waals surface area contributed by atoms with E-state index >= 15 is 0 Å². The number of carbonyl (C=O) groups is 1. The van der Waals surface area contributed by atoms with E-state index in [1.807, 2.05) is 18.2 Å². The number of ether oxygens (including phenoxy) is 1. The number of hydrogen-bond donors (Lipinski definition) is 2. The van der Waals surface area contributed by atoms with E-state index in [1.165, 1.54) is 19.2 Å². The number of para-hydroxylation sites is 1. The van der Waals surface area contributed by atoms with Crippen molar-refractivity contribution in [1.82, 2.24) is 0 Å². The fourth-order valence-electron chi connectivity index (χ4n) is 2.37. The summed E-state index contributed by atoms with van der Waals surface area (Å²) in [6, 6.07) is 20.4. The van der Waals surface area contributed by atoms with E-state index in [9.17, 15) is 9.18 Å². The lowest BCUT2D eigenvalue weighted by Crippen LogP contribution is -2.13. The summed E-state index contributed by atoms with van der Waals surface area (Å²) in [5.41, 5.74) is 2.76. The van der Waals surface area contributed by atoms with Crippen LogP contribution in [0.5, 0.6) is 5.75 Å². The van der Waals surface area contributed by atoms with Crippen molar-refractivity contribution >= 4 is 23.0 Å². The number of amides is 1. The number of methoxy groups -OCH3 is 1. The zero-order valence-electron chi connectivity index (χ0n) is 13.6. The molecule has 0 saturated carbocycles. The summed E-state index contributed by atoms with van der Waals surface area (Å²) in [6.07, 6.45) is 0. The van der Waals surface area contributed by atoms with Gasteiger partial charge in [-0.1, -0.05) is 12.1 Å². The molecule has 3 aromatic rings. The maximum atomic E-state index is 12.9. The van der Waals surface area contributed by atoms with Gasteiger partial charge in [0, 0.05) is 17.1 Å². The van der Waals surface area contributed by atoms with E-state index < -0.39 is 0 Å². The third-order valence-corrected chi connectivity index (χ3v) is 3.63. The highest BCUT2D eigenvalue weighted by atomic mass is 19.1. The molecule has 4 nitrogen and oxygen atoms in total. The number of nitrogens with one attached hydrogen (secondary N) is 2. The van der Waals surface area contributed by atoms with Crippen molar-refractivity contribution in [2.24, 2.45) is 0 Å². The number of hydrogen-bond acceptors (Lipinski definition) is 3. The van der Waals surface area contributed by atoms with Crippen molar-refractivity contribution in [2.45, 2.75) is 0 Å². The molecular weight excluding hydrogens is 319 g/mol. The van der Waals surface area contributed by atoms with Crippen molar-refractivity contribution in [2.75, 3.05) is 17.7 Å². The Morgan fingerprint density at radius 3 is 2.04 bits per heavy atom. The van der Waals surface area contributed by atoms with E-state index in [4.69, 9.17) is 4.74 Å². The van der Waals surface area contributed by atoms with Gasteiger partial charge in [0.15, 0.2) is 0 Å². The molecule has 0 atom stereocenters. The maximum absolute atomic E-state index is 12.9. The number of benzene rings is 3. The molecule has 0 aliphatic heterocycles. The topological polar surface area (TPSA) is 50.4 Å². The van der Waals surface area contributed by atoms with Crippen LogP contribution in [0.1, 0.15) is 10.4 Å². The van der Waals surface area contributed by atoms with Crippen molar-refractivity contribution in [3.05, 3.63) is 84.2 Å². The Morgan fingerprint density at radius 1 is 0.840 bits per heavy atom. The molecule has 0 heterocycles. The van der Waals surface area contributed by atoms with Gasteiger partial charge in [-0.15, -0.1) is 0 Å². The van der Waals surface area contributed by atoms with Crippen molar-refractivity contribution in [3.63, 3.8) is 0 Å². The molecule has 0 unspecified atom stereocenters. The summed E-state index contributed by atoms with van der Waals surface area (Å²) in [5, 5.41) is 6.00. The van der Waals surface area contributed by atoms with Crippen molar-refractivity contribution in [1.29, 1.82) is 0 Å². The summed E-state index contributed by atoms with van der Waals surface area (Å²) >= 11 is 0. The van der Waals surface area contributed by atoms with Gasteiger partial charge in [-0.3, -0.25) is 4.79 Å². The third kappa shape index (κ3) is 4.14. The molecule has 0 bridgehead atoms. The molecule has 25 heavy (non-hydrogen) atoms. The van der Waals surface area contributed by atoms with E-state index in [1.54, 1.807) is 42.5 Å². The predicted octanol–water partition coefficient (Wildman–Crippen LogP) is 4.83. The molecule has 0 radical (unpaired) electrons. The van der Waals surface area contributed by atoms with Crippen LogP contribution in [0.3, 0.4) is 0 Å². The van der Waals surface area contributed by atoms with Gasteiger partial charge >= 0.3 is 0 Å². The van der Waals surface area contributed by atoms with Crippen LogP contribution < -0.4 is 15.4 Å². The summed E-state index contributed by atoms with van der Waals surface area (Å²) in [7, 11) is 1.53. The van der Waals surface area contributed by atoms with Gasteiger partial charge in [0.2, 0.25) is 0 Å². The Morgan fingerprint density at radius 2 is 1.40 bits per heavy atom. The Labute approximate surface area is 145 Å². The molecule has 0 fully saturated rings. The Balaban J connectivity index is 1.68. The second-order valence-electron chi connectivity index (χ2n) is 5.36. The molecule has 3 aromatic carbocycles. The summed E-state index contributed by atoms with van der Waals surface area (Å²) in [6.45, 7) is 0. The predicted molar refractivity (Wildman–Crippen MR) is 97.1 cm³/mol. The summed E-state index contributed by atoms with van der Waals surface area (Å²) in [4.78, 5) is 12.4. The minimum Gasteiger partial charge on any atom is -0.496 e. The molecular formula is C20H17FN2O2. The average molecular weight is 336 g/mol. The van der Waals surface area contributed by atoms with Gasteiger partial charge < -0.3 is 15.4 Å². The Kier molecular flexibility index (Phi) is 4.95. The molecule has 0 aliphatic rings. The number of anilines is 3. The lowest BCUT2D eigenvalue weighted by molar-refractivity contribution is 0.102. The molecule has 0 saturated heterocycles. The monoisotopic (exact) mass is 336 g/mol. The minimum absolute atomic E-state index is 0.239. The van der Waals surface area contributed by atoms with Gasteiger partial charge in [-0.2, -0.15) is 0 Å².